The van der Waals surface area contributed by atoms with Crippen LogP contribution in [0.25, 0.3) is 0 Å². The molecule has 21 heavy (non-hydrogen) atoms. The first-order valence-corrected chi connectivity index (χ1v) is 8.29. The number of hydrogen-bond acceptors (Lipinski definition) is 4. The van der Waals surface area contributed by atoms with E-state index in [4.69, 9.17) is 9.47 Å². The fourth-order valence-corrected chi connectivity index (χ4v) is 3.20. The molecule has 0 bridgehead atoms. The Hall–Kier alpha value is -0.620. The maximum absolute atomic E-state index is 5.98. The largest absolute Gasteiger partial charge is 0.496 e. The molecule has 2 rings (SSSR count). The van der Waals surface area contributed by atoms with Crippen LogP contribution in [-0.4, -0.2) is 57.4 Å². The SMILES string of the molecule is CCNC(Cc1cc(Br)ccc1OC)C1CN(C)CCO1. The van der Waals surface area contributed by atoms with E-state index in [1.165, 1.54) is 5.56 Å². The van der Waals surface area contributed by atoms with Crippen molar-refractivity contribution >= 4 is 15.9 Å². The molecular formula is C16H25BrN2O2. The number of rotatable bonds is 6. The highest BCUT2D eigenvalue weighted by atomic mass is 79.9. The molecule has 0 aliphatic carbocycles. The number of nitrogens with one attached hydrogen (secondary N) is 1. The summed E-state index contributed by atoms with van der Waals surface area (Å²) in [6.45, 7) is 5.85. The minimum atomic E-state index is 0.215. The summed E-state index contributed by atoms with van der Waals surface area (Å²) < 4.78 is 12.5. The zero-order valence-electron chi connectivity index (χ0n) is 13.1. The third kappa shape index (κ3) is 4.68. The summed E-state index contributed by atoms with van der Waals surface area (Å²) in [7, 11) is 3.87. The third-order valence-corrected chi connectivity index (χ3v) is 4.39. The summed E-state index contributed by atoms with van der Waals surface area (Å²) in [6, 6.07) is 6.45. The average molecular weight is 357 g/mol. The number of ether oxygens (including phenoxy) is 2. The molecule has 4 nitrogen and oxygen atoms in total. The van der Waals surface area contributed by atoms with E-state index in [9.17, 15) is 0 Å². The first kappa shape index (κ1) is 16.7. The maximum atomic E-state index is 5.98. The highest BCUT2D eigenvalue weighted by Crippen LogP contribution is 2.25. The predicted octanol–water partition coefficient (Wildman–Crippen LogP) is 2.31. The molecule has 1 aliphatic heterocycles. The molecule has 1 heterocycles. The quantitative estimate of drug-likeness (QED) is 0.847. The summed E-state index contributed by atoms with van der Waals surface area (Å²) in [5.74, 6) is 0.935. The zero-order chi connectivity index (χ0) is 15.2. The molecule has 2 atom stereocenters. The van der Waals surface area contributed by atoms with Crippen LogP contribution in [0.3, 0.4) is 0 Å². The second-order valence-corrected chi connectivity index (χ2v) is 6.41. The van der Waals surface area contributed by atoms with Crippen LogP contribution in [0.5, 0.6) is 5.75 Å². The molecule has 0 aromatic heterocycles. The topological polar surface area (TPSA) is 33.7 Å². The van der Waals surface area contributed by atoms with Gasteiger partial charge in [-0.2, -0.15) is 0 Å². The lowest BCUT2D eigenvalue weighted by Crippen LogP contribution is -2.52. The van der Waals surface area contributed by atoms with Crippen molar-refractivity contribution in [2.75, 3.05) is 40.4 Å². The molecule has 1 aromatic rings. The molecular weight excluding hydrogens is 332 g/mol. The Morgan fingerprint density at radius 3 is 3.00 bits per heavy atom. The highest BCUT2D eigenvalue weighted by molar-refractivity contribution is 9.10. The second kappa shape index (κ2) is 8.13. The van der Waals surface area contributed by atoms with Crippen LogP contribution in [0, 0.1) is 0 Å². The summed E-state index contributed by atoms with van der Waals surface area (Å²) in [5, 5.41) is 3.57. The molecule has 0 spiro atoms. The standard InChI is InChI=1S/C16H25BrN2O2/c1-4-18-14(16-11-19(2)7-8-21-16)10-12-9-13(17)5-6-15(12)20-3/h5-6,9,14,16,18H,4,7-8,10-11H2,1-3H3. The smallest absolute Gasteiger partial charge is 0.122 e. The van der Waals surface area contributed by atoms with Gasteiger partial charge in [0.15, 0.2) is 0 Å². The Balaban J connectivity index is 2.13. The van der Waals surface area contributed by atoms with Crippen LogP contribution in [0.4, 0.5) is 0 Å². The summed E-state index contributed by atoms with van der Waals surface area (Å²) in [5.41, 5.74) is 1.20. The zero-order valence-corrected chi connectivity index (χ0v) is 14.6. The van der Waals surface area contributed by atoms with Crippen molar-refractivity contribution in [1.82, 2.24) is 10.2 Å². The van der Waals surface area contributed by atoms with Crippen LogP contribution >= 0.6 is 15.9 Å². The molecule has 1 aromatic carbocycles. The van der Waals surface area contributed by atoms with E-state index in [0.717, 1.165) is 42.9 Å². The second-order valence-electron chi connectivity index (χ2n) is 5.50. The van der Waals surface area contributed by atoms with Crippen molar-refractivity contribution < 1.29 is 9.47 Å². The molecule has 0 radical (unpaired) electrons. The molecule has 118 valence electrons. The lowest BCUT2D eigenvalue weighted by Gasteiger charge is -2.35. The van der Waals surface area contributed by atoms with E-state index >= 15 is 0 Å². The number of methoxy groups -OCH3 is 1. The molecule has 5 heteroatoms. The monoisotopic (exact) mass is 356 g/mol. The number of nitrogens with zero attached hydrogens (tertiary/aromatic N) is 1. The normalized spacial score (nSPS) is 21.2. The first-order chi connectivity index (χ1) is 10.1. The van der Waals surface area contributed by atoms with Gasteiger partial charge < -0.3 is 19.7 Å². The Kier molecular flexibility index (Phi) is 6.48. The van der Waals surface area contributed by atoms with Gasteiger partial charge in [-0.1, -0.05) is 22.9 Å². The van der Waals surface area contributed by atoms with Crippen molar-refractivity contribution in [3.05, 3.63) is 28.2 Å². The summed E-state index contributed by atoms with van der Waals surface area (Å²) in [6.07, 6.45) is 1.11. The number of benzene rings is 1. The van der Waals surface area contributed by atoms with Crippen LogP contribution in [0.1, 0.15) is 12.5 Å². The molecule has 2 unspecified atom stereocenters. The Bertz CT molecular complexity index is 456. The van der Waals surface area contributed by atoms with Crippen molar-refractivity contribution in [2.24, 2.45) is 0 Å². The average Bonchev–Trinajstić information content (AvgIpc) is 2.47. The van der Waals surface area contributed by atoms with E-state index in [2.05, 4.69) is 46.2 Å². The van der Waals surface area contributed by atoms with Gasteiger partial charge in [0.25, 0.3) is 0 Å². The number of likely N-dealkylation sites (N-methyl/N-ethyl adjacent to an activating group) is 2. The predicted molar refractivity (Wildman–Crippen MR) is 89.1 cm³/mol. The van der Waals surface area contributed by atoms with Crippen molar-refractivity contribution in [3.8, 4) is 5.75 Å². The van der Waals surface area contributed by atoms with Crippen LogP contribution < -0.4 is 10.1 Å². The number of hydrogen-bond donors (Lipinski definition) is 1. The van der Waals surface area contributed by atoms with Crippen LogP contribution in [-0.2, 0) is 11.2 Å². The van der Waals surface area contributed by atoms with E-state index < -0.39 is 0 Å². The fraction of sp³-hybridized carbons (Fsp3) is 0.625. The van der Waals surface area contributed by atoms with Gasteiger partial charge in [0.1, 0.15) is 5.75 Å². The van der Waals surface area contributed by atoms with Crippen LogP contribution in [0.15, 0.2) is 22.7 Å². The van der Waals surface area contributed by atoms with Crippen molar-refractivity contribution in [3.63, 3.8) is 0 Å². The van der Waals surface area contributed by atoms with Crippen molar-refractivity contribution in [1.29, 1.82) is 0 Å². The van der Waals surface area contributed by atoms with Gasteiger partial charge in [-0.3, -0.25) is 0 Å². The summed E-state index contributed by atoms with van der Waals surface area (Å²) >= 11 is 3.54. The van der Waals surface area contributed by atoms with Gasteiger partial charge in [0.2, 0.25) is 0 Å². The van der Waals surface area contributed by atoms with Gasteiger partial charge in [0.05, 0.1) is 19.8 Å². The molecule has 0 amide bonds. The highest BCUT2D eigenvalue weighted by Gasteiger charge is 2.27. The van der Waals surface area contributed by atoms with Gasteiger partial charge in [-0.15, -0.1) is 0 Å². The van der Waals surface area contributed by atoms with E-state index in [1.54, 1.807) is 7.11 Å². The number of morpholine rings is 1. The van der Waals surface area contributed by atoms with Crippen molar-refractivity contribution in [2.45, 2.75) is 25.5 Å². The maximum Gasteiger partial charge on any atom is 0.122 e. The van der Waals surface area contributed by atoms with E-state index in [0.29, 0.717) is 6.04 Å². The lowest BCUT2D eigenvalue weighted by molar-refractivity contribution is -0.0382. The van der Waals surface area contributed by atoms with Gasteiger partial charge in [-0.25, -0.2) is 0 Å². The first-order valence-electron chi connectivity index (χ1n) is 7.50. The minimum absolute atomic E-state index is 0.215. The molecule has 0 saturated carbocycles. The minimum Gasteiger partial charge on any atom is -0.496 e. The lowest BCUT2D eigenvalue weighted by atomic mass is 9.99. The van der Waals surface area contributed by atoms with Crippen LogP contribution in [0.2, 0.25) is 0 Å². The molecule has 1 saturated heterocycles. The van der Waals surface area contributed by atoms with E-state index in [-0.39, 0.29) is 6.10 Å². The van der Waals surface area contributed by atoms with Gasteiger partial charge in [-0.05, 0) is 43.8 Å². The molecule has 1 fully saturated rings. The van der Waals surface area contributed by atoms with Gasteiger partial charge in [0, 0.05) is 23.6 Å². The molecule has 1 N–H and O–H groups in total. The Morgan fingerprint density at radius 1 is 1.52 bits per heavy atom. The number of halogens is 1. The third-order valence-electron chi connectivity index (χ3n) is 3.89. The fourth-order valence-electron chi connectivity index (χ4n) is 2.80. The summed E-state index contributed by atoms with van der Waals surface area (Å²) in [4.78, 5) is 2.33. The Labute approximate surface area is 135 Å². The van der Waals surface area contributed by atoms with Gasteiger partial charge >= 0.3 is 0 Å². The molecule has 1 aliphatic rings. The Morgan fingerprint density at radius 2 is 2.33 bits per heavy atom. The van der Waals surface area contributed by atoms with E-state index in [1.807, 2.05) is 12.1 Å².